The molecule has 3 aromatic rings. The summed E-state index contributed by atoms with van der Waals surface area (Å²) in [6.07, 6.45) is 1.65. The Morgan fingerprint density at radius 2 is 1.70 bits per heavy atom. The van der Waals surface area contributed by atoms with Crippen molar-refractivity contribution >= 4 is 21.7 Å². The molecule has 158 valence electrons. The normalized spacial score (nSPS) is 12.6. The maximum atomic E-state index is 11.3. The van der Waals surface area contributed by atoms with E-state index in [9.17, 15) is 8.42 Å². The highest BCUT2D eigenvalue weighted by Crippen LogP contribution is 2.23. The molecular formula is C21H25N5O3S. The lowest BCUT2D eigenvalue weighted by Crippen LogP contribution is -2.32. The molecule has 0 aliphatic rings. The van der Waals surface area contributed by atoms with Crippen LogP contribution in [-0.2, 0) is 10.0 Å². The summed E-state index contributed by atoms with van der Waals surface area (Å²) in [5.74, 6) is 1.49. The van der Waals surface area contributed by atoms with Crippen molar-refractivity contribution in [3.8, 4) is 17.0 Å². The van der Waals surface area contributed by atoms with Crippen LogP contribution < -0.4 is 20.9 Å². The number of nitrogens with zero attached hydrogens (tertiary/aromatic N) is 2. The minimum atomic E-state index is -3.73. The van der Waals surface area contributed by atoms with Crippen molar-refractivity contribution in [3.05, 3.63) is 60.8 Å². The number of rotatable bonds is 8. The molecule has 0 saturated carbocycles. The van der Waals surface area contributed by atoms with Gasteiger partial charge in [0.15, 0.2) is 0 Å². The molecule has 1 unspecified atom stereocenters. The quantitative estimate of drug-likeness (QED) is 0.503. The molecule has 3 rings (SSSR count). The first-order valence-corrected chi connectivity index (χ1v) is 11.0. The number of hydrogen-bond donors (Lipinski definition) is 3. The second-order valence-corrected chi connectivity index (χ2v) is 8.76. The van der Waals surface area contributed by atoms with Gasteiger partial charge in [-0.05, 0) is 60.5 Å². The van der Waals surface area contributed by atoms with E-state index in [2.05, 4.69) is 29.1 Å². The van der Waals surface area contributed by atoms with Crippen LogP contribution in [0.4, 0.5) is 11.6 Å². The largest absolute Gasteiger partial charge is 0.492 e. The van der Waals surface area contributed by atoms with Crippen molar-refractivity contribution in [1.82, 2.24) is 9.97 Å². The Morgan fingerprint density at radius 3 is 2.30 bits per heavy atom. The van der Waals surface area contributed by atoms with Gasteiger partial charge in [-0.2, -0.15) is 0 Å². The highest BCUT2D eigenvalue weighted by molar-refractivity contribution is 7.89. The highest BCUT2D eigenvalue weighted by Gasteiger charge is 2.10. The van der Waals surface area contributed by atoms with E-state index in [4.69, 9.17) is 15.6 Å². The molecule has 0 spiro atoms. The predicted molar refractivity (Wildman–Crippen MR) is 117 cm³/mol. The molecular weight excluding hydrogens is 402 g/mol. The van der Waals surface area contributed by atoms with E-state index in [1.165, 1.54) is 12.1 Å². The topological polar surface area (TPSA) is 133 Å². The Labute approximate surface area is 176 Å². The summed E-state index contributed by atoms with van der Waals surface area (Å²) in [7, 11) is -3.73. The van der Waals surface area contributed by atoms with Gasteiger partial charge in [0.05, 0.1) is 10.6 Å². The minimum absolute atomic E-state index is 0.0146. The van der Waals surface area contributed by atoms with Crippen LogP contribution in [0.2, 0.25) is 0 Å². The summed E-state index contributed by atoms with van der Waals surface area (Å²) in [6, 6.07) is 15.4. The predicted octanol–water partition coefficient (Wildman–Crippen LogP) is 2.90. The van der Waals surface area contributed by atoms with Crippen LogP contribution in [0.15, 0.2) is 65.7 Å². The standard InChI is InChI=1S/C21H25N5O3S/c1-14(2)19(22)13-29-17-7-3-15(4-8-17)20-11-12-24-21(26-20)25-16-5-9-18(10-6-16)30(23,27)28/h3-12,14,19H,13,22H2,1-2H3,(H2,23,27,28)(H,24,25,26). The van der Waals surface area contributed by atoms with Crippen LogP contribution in [-0.4, -0.2) is 31.0 Å². The van der Waals surface area contributed by atoms with Gasteiger partial charge >= 0.3 is 0 Å². The molecule has 8 nitrogen and oxygen atoms in total. The minimum Gasteiger partial charge on any atom is -0.492 e. The van der Waals surface area contributed by atoms with Crippen molar-refractivity contribution < 1.29 is 13.2 Å². The third kappa shape index (κ3) is 5.76. The number of ether oxygens (including phenoxy) is 1. The summed E-state index contributed by atoms with van der Waals surface area (Å²) in [5.41, 5.74) is 8.30. The van der Waals surface area contributed by atoms with Crippen LogP contribution in [0, 0.1) is 5.92 Å². The summed E-state index contributed by atoms with van der Waals surface area (Å²) in [5, 5.41) is 8.16. The molecule has 0 bridgehead atoms. The maximum absolute atomic E-state index is 11.3. The smallest absolute Gasteiger partial charge is 0.238 e. The lowest BCUT2D eigenvalue weighted by molar-refractivity contribution is 0.259. The third-order valence-corrected chi connectivity index (χ3v) is 5.47. The van der Waals surface area contributed by atoms with Crippen LogP contribution in [0.25, 0.3) is 11.3 Å². The molecule has 9 heteroatoms. The number of primary sulfonamides is 1. The van der Waals surface area contributed by atoms with Crippen LogP contribution in [0.3, 0.4) is 0 Å². The lowest BCUT2D eigenvalue weighted by Gasteiger charge is -2.16. The zero-order valence-electron chi connectivity index (χ0n) is 16.8. The van der Waals surface area contributed by atoms with E-state index >= 15 is 0 Å². The van der Waals surface area contributed by atoms with Crippen LogP contribution in [0.5, 0.6) is 5.75 Å². The van der Waals surface area contributed by atoms with Gasteiger partial charge in [0.25, 0.3) is 0 Å². The molecule has 2 aromatic carbocycles. The molecule has 1 aromatic heterocycles. The van der Waals surface area contributed by atoms with Gasteiger partial charge in [-0.25, -0.2) is 23.5 Å². The third-order valence-electron chi connectivity index (χ3n) is 4.54. The number of benzene rings is 2. The van der Waals surface area contributed by atoms with Gasteiger partial charge in [-0.15, -0.1) is 0 Å². The SMILES string of the molecule is CC(C)C(N)COc1ccc(-c2ccnc(Nc3ccc(S(N)(=O)=O)cc3)n2)cc1. The van der Waals surface area contributed by atoms with Crippen molar-refractivity contribution in [1.29, 1.82) is 0 Å². The molecule has 1 atom stereocenters. The van der Waals surface area contributed by atoms with Crippen LogP contribution >= 0.6 is 0 Å². The van der Waals surface area contributed by atoms with Gasteiger partial charge in [-0.3, -0.25) is 0 Å². The van der Waals surface area contributed by atoms with E-state index < -0.39 is 10.0 Å². The fraction of sp³-hybridized carbons (Fsp3) is 0.238. The number of aromatic nitrogens is 2. The molecule has 1 heterocycles. The Hall–Kier alpha value is -3.01. The molecule has 30 heavy (non-hydrogen) atoms. The van der Waals surface area contributed by atoms with Crippen molar-refractivity contribution in [2.75, 3.05) is 11.9 Å². The first-order valence-electron chi connectivity index (χ1n) is 9.44. The Balaban J connectivity index is 1.69. The zero-order chi connectivity index (χ0) is 21.7. The Kier molecular flexibility index (Phi) is 6.66. The molecule has 0 aliphatic heterocycles. The van der Waals surface area contributed by atoms with E-state index in [1.54, 1.807) is 24.4 Å². The molecule has 0 amide bonds. The molecule has 0 fully saturated rings. The molecule has 5 N–H and O–H groups in total. The summed E-state index contributed by atoms with van der Waals surface area (Å²) >= 11 is 0. The van der Waals surface area contributed by atoms with Crippen molar-refractivity contribution in [2.24, 2.45) is 16.8 Å². The fourth-order valence-electron chi connectivity index (χ4n) is 2.54. The number of hydrogen-bond acceptors (Lipinski definition) is 7. The fourth-order valence-corrected chi connectivity index (χ4v) is 3.06. The molecule has 0 saturated heterocycles. The van der Waals surface area contributed by atoms with Gasteiger partial charge in [-0.1, -0.05) is 13.8 Å². The second kappa shape index (κ2) is 9.21. The zero-order valence-corrected chi connectivity index (χ0v) is 17.6. The van der Waals surface area contributed by atoms with E-state index in [0.717, 1.165) is 17.0 Å². The van der Waals surface area contributed by atoms with Crippen molar-refractivity contribution in [3.63, 3.8) is 0 Å². The van der Waals surface area contributed by atoms with Gasteiger partial charge in [0.1, 0.15) is 12.4 Å². The lowest BCUT2D eigenvalue weighted by atomic mass is 10.1. The molecule has 0 radical (unpaired) electrons. The first-order chi connectivity index (χ1) is 14.2. The van der Waals surface area contributed by atoms with Crippen LogP contribution in [0.1, 0.15) is 13.8 Å². The van der Waals surface area contributed by atoms with Gasteiger partial charge in [0, 0.05) is 23.5 Å². The first kappa shape index (κ1) is 21.7. The number of nitrogens with one attached hydrogen (secondary N) is 1. The maximum Gasteiger partial charge on any atom is 0.238 e. The van der Waals surface area contributed by atoms with Crippen molar-refractivity contribution in [2.45, 2.75) is 24.8 Å². The number of nitrogens with two attached hydrogens (primary N) is 2. The second-order valence-electron chi connectivity index (χ2n) is 7.20. The highest BCUT2D eigenvalue weighted by atomic mass is 32.2. The molecule has 0 aliphatic carbocycles. The number of anilines is 2. The van der Waals surface area contributed by atoms with E-state index in [1.807, 2.05) is 24.3 Å². The van der Waals surface area contributed by atoms with Gasteiger partial charge in [0.2, 0.25) is 16.0 Å². The number of sulfonamides is 1. The monoisotopic (exact) mass is 427 g/mol. The Bertz CT molecular complexity index is 1080. The van der Waals surface area contributed by atoms with Gasteiger partial charge < -0.3 is 15.8 Å². The summed E-state index contributed by atoms with van der Waals surface area (Å²) < 4.78 is 28.4. The summed E-state index contributed by atoms with van der Waals surface area (Å²) in [6.45, 7) is 4.58. The summed E-state index contributed by atoms with van der Waals surface area (Å²) in [4.78, 5) is 8.76. The average Bonchev–Trinajstić information content (AvgIpc) is 2.72. The van der Waals surface area contributed by atoms with E-state index in [-0.39, 0.29) is 10.9 Å². The Morgan fingerprint density at radius 1 is 1.03 bits per heavy atom. The van der Waals surface area contributed by atoms with E-state index in [0.29, 0.717) is 24.2 Å². The average molecular weight is 428 g/mol.